The van der Waals surface area contributed by atoms with Gasteiger partial charge in [-0.3, -0.25) is 0 Å². The zero-order valence-electron chi connectivity index (χ0n) is 7.67. The zero-order valence-corrected chi connectivity index (χ0v) is 7.67. The second-order valence-corrected chi connectivity index (χ2v) is 3.19. The Bertz CT molecular complexity index is 336. The highest BCUT2D eigenvalue weighted by Crippen LogP contribution is 2.25. The van der Waals surface area contributed by atoms with Crippen LogP contribution in [0.25, 0.3) is 0 Å². The predicted octanol–water partition coefficient (Wildman–Crippen LogP) is 1.86. The molecule has 0 unspecified atom stereocenters. The van der Waals surface area contributed by atoms with Crippen molar-refractivity contribution in [3.63, 3.8) is 0 Å². The molecule has 14 heavy (non-hydrogen) atoms. The molecule has 6 heteroatoms. The molecule has 1 aromatic heterocycles. The van der Waals surface area contributed by atoms with Crippen LogP contribution < -0.4 is 4.73 Å². The number of halogens is 3. The molecule has 1 aromatic rings. The van der Waals surface area contributed by atoms with Gasteiger partial charge in [-0.15, -0.1) is 0 Å². The van der Waals surface area contributed by atoms with E-state index in [4.69, 9.17) is 0 Å². The Balaban J connectivity index is 3.15. The van der Waals surface area contributed by atoms with E-state index in [1.54, 1.807) is 13.8 Å². The van der Waals surface area contributed by atoms with E-state index in [-0.39, 0.29) is 10.6 Å². The van der Waals surface area contributed by atoms with Gasteiger partial charge in [0.05, 0.1) is 0 Å². The van der Waals surface area contributed by atoms with Crippen molar-refractivity contribution in [2.24, 2.45) is 0 Å². The van der Waals surface area contributed by atoms with Crippen molar-refractivity contribution in [2.45, 2.75) is 25.9 Å². The first kappa shape index (κ1) is 10.7. The molecule has 0 aliphatic carbocycles. The number of hydrogen-bond donors (Lipinski definition) is 0. The van der Waals surface area contributed by atoms with Gasteiger partial charge in [-0.05, 0) is 10.9 Å². The molecule has 1 rings (SSSR count). The fourth-order valence-electron chi connectivity index (χ4n) is 0.919. The molecule has 78 valence electrons. The summed E-state index contributed by atoms with van der Waals surface area (Å²) in [6.45, 7) is 3.54. The first-order chi connectivity index (χ1) is 6.32. The van der Waals surface area contributed by atoms with E-state index in [1.807, 2.05) is 0 Å². The fraction of sp³-hybridized carbons (Fsp3) is 0.500. The van der Waals surface area contributed by atoms with E-state index >= 15 is 0 Å². The summed E-state index contributed by atoms with van der Waals surface area (Å²) in [6, 6.07) is 0. The van der Waals surface area contributed by atoms with E-state index in [0.29, 0.717) is 5.56 Å². The van der Waals surface area contributed by atoms with Crippen LogP contribution in [-0.4, -0.2) is 4.98 Å². The van der Waals surface area contributed by atoms with Crippen molar-refractivity contribution in [3.05, 3.63) is 29.0 Å². The van der Waals surface area contributed by atoms with Crippen molar-refractivity contribution in [1.82, 2.24) is 4.98 Å². The highest BCUT2D eigenvalue weighted by Gasteiger charge is 2.42. The van der Waals surface area contributed by atoms with E-state index in [9.17, 15) is 18.4 Å². The molecular weight excluding hydrogens is 197 g/mol. The Hall–Kier alpha value is -1.33. The maximum Gasteiger partial charge on any atom is 0.499 e. The van der Waals surface area contributed by atoms with E-state index in [2.05, 4.69) is 4.98 Å². The zero-order chi connectivity index (χ0) is 10.9. The fourth-order valence-corrected chi connectivity index (χ4v) is 0.919. The topological polar surface area (TPSA) is 39.8 Å². The van der Waals surface area contributed by atoms with Crippen LogP contribution in [0.5, 0.6) is 0 Å². The number of nitrogens with zero attached hydrogens (tertiary/aromatic N) is 2. The minimum absolute atomic E-state index is 0.0232. The molecule has 0 aromatic carbocycles. The monoisotopic (exact) mass is 206 g/mol. The first-order valence-corrected chi connectivity index (χ1v) is 3.98. The third kappa shape index (κ3) is 2.12. The lowest BCUT2D eigenvalue weighted by Gasteiger charge is -2.10. The standard InChI is InChI=1S/C8H9F3N2O/c1-5(2)6-3-12-7(8(9,10)11)13(14)4-6/h3-5H,1-2H3. The number of aromatic nitrogens is 2. The average Bonchev–Trinajstić information content (AvgIpc) is 2.01. The molecule has 1 heterocycles. The molecule has 0 radical (unpaired) electrons. The van der Waals surface area contributed by atoms with Crippen molar-refractivity contribution in [3.8, 4) is 0 Å². The van der Waals surface area contributed by atoms with Gasteiger partial charge in [0, 0.05) is 5.56 Å². The van der Waals surface area contributed by atoms with Crippen LogP contribution in [-0.2, 0) is 6.18 Å². The number of rotatable bonds is 1. The quantitative estimate of drug-likeness (QED) is 0.519. The summed E-state index contributed by atoms with van der Waals surface area (Å²) in [5.74, 6) is -1.45. The SMILES string of the molecule is CC(C)c1cnc(C(F)(F)F)[n+]([O-])c1. The maximum absolute atomic E-state index is 12.1. The van der Waals surface area contributed by atoms with Gasteiger partial charge >= 0.3 is 12.0 Å². The third-order valence-electron chi connectivity index (χ3n) is 1.73. The van der Waals surface area contributed by atoms with Gasteiger partial charge in [0.25, 0.3) is 0 Å². The summed E-state index contributed by atoms with van der Waals surface area (Å²) in [7, 11) is 0. The van der Waals surface area contributed by atoms with Crippen LogP contribution in [0, 0.1) is 5.21 Å². The smallest absolute Gasteiger partial charge is 0.499 e. The summed E-state index contributed by atoms with van der Waals surface area (Å²) >= 11 is 0. The minimum Gasteiger partial charge on any atom is -0.710 e. The summed E-state index contributed by atoms with van der Waals surface area (Å²) in [6.07, 6.45) is -2.72. The summed E-state index contributed by atoms with van der Waals surface area (Å²) < 4.78 is 36.1. The summed E-state index contributed by atoms with van der Waals surface area (Å²) in [4.78, 5) is 3.10. The largest absolute Gasteiger partial charge is 0.710 e. The molecule has 0 saturated carbocycles. The highest BCUT2D eigenvalue weighted by atomic mass is 19.4. The molecule has 0 bridgehead atoms. The van der Waals surface area contributed by atoms with Crippen LogP contribution in [0.15, 0.2) is 12.4 Å². The van der Waals surface area contributed by atoms with Crippen LogP contribution in [0.4, 0.5) is 13.2 Å². The van der Waals surface area contributed by atoms with E-state index in [1.165, 1.54) is 0 Å². The van der Waals surface area contributed by atoms with Gasteiger partial charge in [0.2, 0.25) is 0 Å². The normalized spacial score (nSPS) is 12.1. The lowest BCUT2D eigenvalue weighted by atomic mass is 10.1. The third-order valence-corrected chi connectivity index (χ3v) is 1.73. The van der Waals surface area contributed by atoms with E-state index in [0.717, 1.165) is 12.4 Å². The molecule has 3 nitrogen and oxygen atoms in total. The molecule has 0 aliphatic rings. The summed E-state index contributed by atoms with van der Waals surface area (Å²) in [5, 5.41) is 10.9. The average molecular weight is 206 g/mol. The van der Waals surface area contributed by atoms with Crippen LogP contribution in [0.2, 0.25) is 0 Å². The minimum atomic E-state index is -4.70. The molecule has 0 saturated heterocycles. The maximum atomic E-state index is 12.1. The Morgan fingerprint density at radius 3 is 2.36 bits per heavy atom. The van der Waals surface area contributed by atoms with Crippen molar-refractivity contribution >= 4 is 0 Å². The molecule has 0 spiro atoms. The van der Waals surface area contributed by atoms with Crippen molar-refractivity contribution in [1.29, 1.82) is 0 Å². The second-order valence-electron chi connectivity index (χ2n) is 3.19. The van der Waals surface area contributed by atoms with Gasteiger partial charge in [0.1, 0.15) is 12.4 Å². The molecule has 0 aliphatic heterocycles. The first-order valence-electron chi connectivity index (χ1n) is 3.98. The summed E-state index contributed by atoms with van der Waals surface area (Å²) in [5.41, 5.74) is 0.480. The van der Waals surface area contributed by atoms with Crippen molar-refractivity contribution < 1.29 is 17.9 Å². The lowest BCUT2D eigenvalue weighted by Crippen LogP contribution is -2.38. The molecule has 0 amide bonds. The Morgan fingerprint density at radius 1 is 1.43 bits per heavy atom. The second kappa shape index (κ2) is 3.43. The predicted molar refractivity (Wildman–Crippen MR) is 42.3 cm³/mol. The number of alkyl halides is 3. The van der Waals surface area contributed by atoms with Gasteiger partial charge in [-0.2, -0.15) is 13.2 Å². The van der Waals surface area contributed by atoms with Gasteiger partial charge < -0.3 is 5.21 Å². The highest BCUT2D eigenvalue weighted by molar-refractivity contribution is 5.06. The molecule has 0 fully saturated rings. The number of hydrogen-bond acceptors (Lipinski definition) is 2. The van der Waals surface area contributed by atoms with Crippen LogP contribution in [0.1, 0.15) is 31.2 Å². The Kier molecular flexibility index (Phi) is 2.64. The molecular formula is C8H9F3N2O. The van der Waals surface area contributed by atoms with E-state index < -0.39 is 12.0 Å². The molecule has 0 atom stereocenters. The lowest BCUT2D eigenvalue weighted by molar-refractivity contribution is -0.633. The Morgan fingerprint density at radius 2 is 2.00 bits per heavy atom. The Labute approximate surface area is 78.8 Å². The van der Waals surface area contributed by atoms with Crippen LogP contribution in [0.3, 0.4) is 0 Å². The van der Waals surface area contributed by atoms with Gasteiger partial charge in [-0.25, -0.2) is 4.73 Å². The van der Waals surface area contributed by atoms with Crippen molar-refractivity contribution in [2.75, 3.05) is 0 Å². The van der Waals surface area contributed by atoms with Gasteiger partial charge in [0.15, 0.2) is 0 Å². The molecule has 0 N–H and O–H groups in total. The van der Waals surface area contributed by atoms with Gasteiger partial charge in [-0.1, -0.05) is 13.8 Å². The van der Waals surface area contributed by atoms with Crippen LogP contribution >= 0.6 is 0 Å².